The molecule has 1 aliphatic heterocycles. The summed E-state index contributed by atoms with van der Waals surface area (Å²) in [6.07, 6.45) is 8.34. The zero-order chi connectivity index (χ0) is 8.89. The maximum Gasteiger partial charge on any atom is 0.194 e. The van der Waals surface area contributed by atoms with Crippen molar-refractivity contribution in [3.63, 3.8) is 0 Å². The molecule has 0 aromatic rings. The van der Waals surface area contributed by atoms with Gasteiger partial charge in [0.05, 0.1) is 6.61 Å². The number of allylic oxidation sites excluding steroid dienone is 2. The van der Waals surface area contributed by atoms with Gasteiger partial charge in [-0.05, 0) is 42.9 Å². The first-order valence-corrected chi connectivity index (χ1v) is 4.92. The minimum atomic E-state index is -0.468. The van der Waals surface area contributed by atoms with Crippen molar-refractivity contribution in [2.45, 2.75) is 31.3 Å². The van der Waals surface area contributed by atoms with E-state index in [0.717, 1.165) is 12.8 Å². The summed E-state index contributed by atoms with van der Waals surface area (Å²) >= 11 is 0. The number of ketones is 1. The maximum atomic E-state index is 11.6. The van der Waals surface area contributed by atoms with Crippen LogP contribution in [0.15, 0.2) is 23.3 Å². The van der Waals surface area contributed by atoms with Crippen LogP contribution in [0.25, 0.3) is 0 Å². The van der Waals surface area contributed by atoms with Crippen LogP contribution in [0, 0.1) is 0 Å². The third-order valence-electron chi connectivity index (χ3n) is 3.26. The minimum Gasteiger partial charge on any atom is -0.356 e. The van der Waals surface area contributed by atoms with Gasteiger partial charge in [0.15, 0.2) is 11.4 Å². The largest absolute Gasteiger partial charge is 0.356 e. The first-order valence-electron chi connectivity index (χ1n) is 4.92. The van der Waals surface area contributed by atoms with Gasteiger partial charge in [0.25, 0.3) is 0 Å². The second-order valence-electron chi connectivity index (χ2n) is 4.02. The van der Waals surface area contributed by atoms with Crippen LogP contribution in [0.1, 0.15) is 25.7 Å². The van der Waals surface area contributed by atoms with Gasteiger partial charge in [-0.1, -0.05) is 6.08 Å². The van der Waals surface area contributed by atoms with E-state index in [4.69, 9.17) is 4.74 Å². The van der Waals surface area contributed by atoms with Crippen molar-refractivity contribution in [2.24, 2.45) is 0 Å². The number of carbonyl (C=O) groups excluding carboxylic acids is 1. The second kappa shape index (κ2) is 2.32. The highest BCUT2D eigenvalue weighted by atomic mass is 16.6. The molecule has 68 valence electrons. The summed E-state index contributed by atoms with van der Waals surface area (Å²) in [5.74, 6) is 0.160. The predicted octanol–water partition coefficient (Wildman–Crippen LogP) is 1.76. The van der Waals surface area contributed by atoms with Gasteiger partial charge in [-0.3, -0.25) is 4.79 Å². The van der Waals surface area contributed by atoms with Gasteiger partial charge >= 0.3 is 0 Å². The summed E-state index contributed by atoms with van der Waals surface area (Å²) in [4.78, 5) is 11.6. The molecule has 0 saturated carbocycles. The highest BCUT2D eigenvalue weighted by molar-refractivity contribution is 6.03. The van der Waals surface area contributed by atoms with Gasteiger partial charge in [-0.15, -0.1) is 0 Å². The summed E-state index contributed by atoms with van der Waals surface area (Å²) in [5, 5.41) is 0. The zero-order valence-electron chi connectivity index (χ0n) is 7.51. The lowest BCUT2D eigenvalue weighted by Crippen LogP contribution is -2.30. The molecular formula is C11H12O2. The van der Waals surface area contributed by atoms with Crippen molar-refractivity contribution in [3.05, 3.63) is 23.3 Å². The molecule has 1 unspecified atom stereocenters. The summed E-state index contributed by atoms with van der Waals surface area (Å²) < 4.78 is 5.36. The lowest BCUT2D eigenvalue weighted by atomic mass is 9.78. The van der Waals surface area contributed by atoms with E-state index in [1.54, 1.807) is 6.08 Å². The van der Waals surface area contributed by atoms with Crippen molar-refractivity contribution in [1.29, 1.82) is 0 Å². The SMILES string of the molecule is O=C1C=CC2=C(CCCC2)C12CO2. The molecule has 3 rings (SSSR count). The van der Waals surface area contributed by atoms with Gasteiger partial charge < -0.3 is 4.74 Å². The van der Waals surface area contributed by atoms with E-state index in [-0.39, 0.29) is 5.78 Å². The molecule has 3 aliphatic rings. The van der Waals surface area contributed by atoms with Gasteiger partial charge in [0.1, 0.15) is 0 Å². The fraction of sp³-hybridized carbons (Fsp3) is 0.545. The molecule has 1 saturated heterocycles. The molecular weight excluding hydrogens is 164 g/mol. The molecule has 0 aromatic carbocycles. The Labute approximate surface area is 77.3 Å². The second-order valence-corrected chi connectivity index (χ2v) is 4.02. The van der Waals surface area contributed by atoms with Crippen LogP contribution in [-0.4, -0.2) is 18.0 Å². The van der Waals surface area contributed by atoms with Gasteiger partial charge in [-0.2, -0.15) is 0 Å². The Morgan fingerprint density at radius 2 is 2.00 bits per heavy atom. The average Bonchev–Trinajstić information content (AvgIpc) is 2.94. The van der Waals surface area contributed by atoms with Crippen molar-refractivity contribution < 1.29 is 9.53 Å². The Kier molecular flexibility index (Phi) is 1.34. The number of fused-ring (bicyclic) bond motifs is 1. The highest BCUT2D eigenvalue weighted by Crippen LogP contribution is 2.46. The molecule has 1 atom stereocenters. The fourth-order valence-corrected chi connectivity index (χ4v) is 2.42. The molecule has 1 fully saturated rings. The number of carbonyl (C=O) groups is 1. The molecule has 0 N–H and O–H groups in total. The van der Waals surface area contributed by atoms with Gasteiger partial charge in [-0.25, -0.2) is 0 Å². The standard InChI is InChI=1S/C11H12O2/c12-10-6-5-8-3-1-2-4-9(8)11(10)7-13-11/h5-6H,1-4,7H2. The number of epoxide rings is 1. The van der Waals surface area contributed by atoms with E-state index in [1.165, 1.54) is 24.0 Å². The van der Waals surface area contributed by atoms with Crippen LogP contribution in [0.4, 0.5) is 0 Å². The van der Waals surface area contributed by atoms with E-state index in [2.05, 4.69) is 0 Å². The van der Waals surface area contributed by atoms with Crippen LogP contribution >= 0.6 is 0 Å². The Hall–Kier alpha value is -0.890. The molecule has 0 aromatic heterocycles. The molecule has 13 heavy (non-hydrogen) atoms. The van der Waals surface area contributed by atoms with Crippen LogP contribution < -0.4 is 0 Å². The summed E-state index contributed by atoms with van der Waals surface area (Å²) in [6.45, 7) is 0.620. The third-order valence-corrected chi connectivity index (χ3v) is 3.26. The molecule has 1 heterocycles. The third kappa shape index (κ3) is 0.894. The quantitative estimate of drug-likeness (QED) is 0.526. The van der Waals surface area contributed by atoms with E-state index in [0.29, 0.717) is 6.61 Å². The first kappa shape index (κ1) is 7.51. The molecule has 0 bridgehead atoms. The van der Waals surface area contributed by atoms with Gasteiger partial charge in [0, 0.05) is 0 Å². The smallest absolute Gasteiger partial charge is 0.194 e. The van der Waals surface area contributed by atoms with Crippen molar-refractivity contribution in [2.75, 3.05) is 6.61 Å². The van der Waals surface area contributed by atoms with Gasteiger partial charge in [0.2, 0.25) is 0 Å². The Bertz CT molecular complexity index is 332. The molecule has 2 nitrogen and oxygen atoms in total. The van der Waals surface area contributed by atoms with E-state index >= 15 is 0 Å². The molecule has 2 heteroatoms. The summed E-state index contributed by atoms with van der Waals surface area (Å²) in [6, 6.07) is 0. The van der Waals surface area contributed by atoms with Crippen LogP contribution in [0.5, 0.6) is 0 Å². The van der Waals surface area contributed by atoms with E-state index in [1.807, 2.05) is 6.08 Å². The van der Waals surface area contributed by atoms with Crippen LogP contribution in [0.3, 0.4) is 0 Å². The number of hydrogen-bond donors (Lipinski definition) is 0. The monoisotopic (exact) mass is 176 g/mol. The first-order chi connectivity index (χ1) is 6.33. The molecule has 1 spiro atoms. The van der Waals surface area contributed by atoms with E-state index < -0.39 is 5.60 Å². The Morgan fingerprint density at radius 1 is 1.23 bits per heavy atom. The predicted molar refractivity (Wildman–Crippen MR) is 48.3 cm³/mol. The normalized spacial score (nSPS) is 36.8. The van der Waals surface area contributed by atoms with Crippen LogP contribution in [-0.2, 0) is 9.53 Å². The van der Waals surface area contributed by atoms with Crippen molar-refractivity contribution in [1.82, 2.24) is 0 Å². The van der Waals surface area contributed by atoms with Crippen molar-refractivity contribution in [3.8, 4) is 0 Å². The lowest BCUT2D eigenvalue weighted by Gasteiger charge is -2.25. The molecule has 0 radical (unpaired) electrons. The minimum absolute atomic E-state index is 0.160. The lowest BCUT2D eigenvalue weighted by molar-refractivity contribution is -0.118. The number of hydrogen-bond acceptors (Lipinski definition) is 2. The average molecular weight is 176 g/mol. The Balaban J connectivity index is 2.09. The van der Waals surface area contributed by atoms with Crippen LogP contribution in [0.2, 0.25) is 0 Å². The maximum absolute atomic E-state index is 11.6. The number of rotatable bonds is 0. The summed E-state index contributed by atoms with van der Waals surface area (Å²) in [5.41, 5.74) is 2.18. The molecule has 2 aliphatic carbocycles. The zero-order valence-corrected chi connectivity index (χ0v) is 7.51. The number of ether oxygens (including phenoxy) is 1. The molecule has 0 amide bonds. The topological polar surface area (TPSA) is 29.6 Å². The van der Waals surface area contributed by atoms with Crippen molar-refractivity contribution >= 4 is 5.78 Å². The fourth-order valence-electron chi connectivity index (χ4n) is 2.42. The Morgan fingerprint density at radius 3 is 2.77 bits per heavy atom. The summed E-state index contributed by atoms with van der Waals surface area (Å²) in [7, 11) is 0. The highest BCUT2D eigenvalue weighted by Gasteiger charge is 2.55. The van der Waals surface area contributed by atoms with E-state index in [9.17, 15) is 4.79 Å².